The highest BCUT2D eigenvalue weighted by Gasteiger charge is 2.15. The molecular weight excluding hydrogens is 274 g/mol. The van der Waals surface area contributed by atoms with E-state index < -0.39 is 12.0 Å². The van der Waals surface area contributed by atoms with E-state index in [4.69, 9.17) is 5.11 Å². The molecule has 0 aliphatic heterocycles. The van der Waals surface area contributed by atoms with E-state index in [1.165, 1.54) is 0 Å². The molecule has 8 nitrogen and oxygen atoms in total. The lowest BCUT2D eigenvalue weighted by molar-refractivity contribution is 0.0692. The topological polar surface area (TPSA) is 120 Å². The van der Waals surface area contributed by atoms with Gasteiger partial charge in [0.05, 0.1) is 17.9 Å². The van der Waals surface area contributed by atoms with Crippen LogP contribution in [-0.2, 0) is 6.54 Å². The second-order valence-corrected chi connectivity index (χ2v) is 4.45. The van der Waals surface area contributed by atoms with Crippen molar-refractivity contribution in [2.24, 2.45) is 0 Å². The molecule has 0 saturated carbocycles. The third-order valence-electron chi connectivity index (χ3n) is 2.68. The summed E-state index contributed by atoms with van der Waals surface area (Å²) in [4.78, 5) is 33.6. The second-order valence-electron chi connectivity index (χ2n) is 4.45. The Morgan fingerprint density at radius 3 is 2.81 bits per heavy atom. The monoisotopic (exact) mass is 289 g/mol. The van der Waals surface area contributed by atoms with E-state index in [0.717, 1.165) is 0 Å². The van der Waals surface area contributed by atoms with Gasteiger partial charge in [0.1, 0.15) is 11.5 Å². The van der Waals surface area contributed by atoms with Crippen LogP contribution in [-0.4, -0.2) is 32.1 Å². The number of carboxylic acids is 1. The first-order chi connectivity index (χ1) is 9.95. The number of urea groups is 1. The number of aromatic nitrogens is 3. The Hall–Kier alpha value is -2.90. The van der Waals surface area contributed by atoms with Crippen LogP contribution in [0.1, 0.15) is 27.7 Å². The first-order valence-electron chi connectivity index (χ1n) is 6.22. The maximum Gasteiger partial charge on any atom is 0.354 e. The molecule has 0 aromatic carbocycles. The van der Waals surface area contributed by atoms with E-state index in [9.17, 15) is 9.59 Å². The number of amides is 2. The van der Waals surface area contributed by atoms with Crippen molar-refractivity contribution in [1.82, 2.24) is 20.3 Å². The molecule has 2 aromatic heterocycles. The Labute approximate surface area is 120 Å². The van der Waals surface area contributed by atoms with E-state index in [-0.39, 0.29) is 17.9 Å². The number of carbonyl (C=O) groups excluding carboxylic acids is 1. The lowest BCUT2D eigenvalue weighted by atomic mass is 10.3. The zero-order valence-corrected chi connectivity index (χ0v) is 11.6. The number of hydrogen-bond acceptors (Lipinski definition) is 4. The van der Waals surface area contributed by atoms with Crippen molar-refractivity contribution in [1.29, 1.82) is 0 Å². The predicted molar refractivity (Wildman–Crippen MR) is 75.1 cm³/mol. The van der Waals surface area contributed by atoms with Crippen LogP contribution in [0.25, 0.3) is 0 Å². The van der Waals surface area contributed by atoms with Gasteiger partial charge in [-0.15, -0.1) is 0 Å². The van der Waals surface area contributed by atoms with Gasteiger partial charge in [0, 0.05) is 11.9 Å². The number of anilines is 1. The molecule has 0 bridgehead atoms. The van der Waals surface area contributed by atoms with Gasteiger partial charge in [0.15, 0.2) is 0 Å². The van der Waals surface area contributed by atoms with Crippen LogP contribution in [0.3, 0.4) is 0 Å². The van der Waals surface area contributed by atoms with Gasteiger partial charge < -0.3 is 20.7 Å². The molecule has 0 atom stereocenters. The molecule has 2 heterocycles. The molecule has 0 aliphatic rings. The smallest absolute Gasteiger partial charge is 0.354 e. The highest BCUT2D eigenvalue weighted by atomic mass is 16.4. The molecule has 8 heteroatoms. The Morgan fingerprint density at radius 2 is 2.14 bits per heavy atom. The number of hydrogen-bond donors (Lipinski definition) is 4. The number of nitrogens with zero attached hydrogens (tertiary/aromatic N) is 2. The Balaban J connectivity index is 1.97. The average molecular weight is 289 g/mol. The lowest BCUT2D eigenvalue weighted by Crippen LogP contribution is -2.29. The van der Waals surface area contributed by atoms with Crippen molar-refractivity contribution < 1.29 is 14.7 Å². The minimum absolute atomic E-state index is 0.0551. The SMILES string of the molecule is Cc1nccc(CNC(=O)Nc2cc(C)[nH]c2C(=O)O)n1. The van der Waals surface area contributed by atoms with Crippen LogP contribution >= 0.6 is 0 Å². The fraction of sp³-hybridized carbons (Fsp3) is 0.231. The van der Waals surface area contributed by atoms with Crippen molar-refractivity contribution in [3.8, 4) is 0 Å². The van der Waals surface area contributed by atoms with Gasteiger partial charge in [-0.1, -0.05) is 0 Å². The molecule has 0 spiro atoms. The highest BCUT2D eigenvalue weighted by Crippen LogP contribution is 2.16. The van der Waals surface area contributed by atoms with Gasteiger partial charge in [-0.3, -0.25) is 0 Å². The van der Waals surface area contributed by atoms with E-state index in [2.05, 4.69) is 25.6 Å². The van der Waals surface area contributed by atoms with Crippen molar-refractivity contribution in [2.75, 3.05) is 5.32 Å². The molecule has 0 radical (unpaired) electrons. The van der Waals surface area contributed by atoms with E-state index in [1.54, 1.807) is 32.2 Å². The van der Waals surface area contributed by atoms with Crippen molar-refractivity contribution in [2.45, 2.75) is 20.4 Å². The number of aromatic carboxylic acids is 1. The van der Waals surface area contributed by atoms with Gasteiger partial charge in [0.2, 0.25) is 0 Å². The third kappa shape index (κ3) is 3.78. The summed E-state index contributed by atoms with van der Waals surface area (Å²) in [6.45, 7) is 3.69. The van der Waals surface area contributed by atoms with Crippen LogP contribution < -0.4 is 10.6 Å². The minimum atomic E-state index is -1.13. The molecule has 0 aliphatic carbocycles. The van der Waals surface area contributed by atoms with Crippen molar-refractivity contribution in [3.05, 3.63) is 41.2 Å². The summed E-state index contributed by atoms with van der Waals surface area (Å²) >= 11 is 0. The van der Waals surface area contributed by atoms with Gasteiger partial charge in [-0.05, 0) is 26.0 Å². The zero-order valence-electron chi connectivity index (χ0n) is 11.6. The summed E-state index contributed by atoms with van der Waals surface area (Å²) in [6.07, 6.45) is 1.61. The summed E-state index contributed by atoms with van der Waals surface area (Å²) < 4.78 is 0. The average Bonchev–Trinajstić information content (AvgIpc) is 2.77. The molecule has 0 unspecified atom stereocenters. The normalized spacial score (nSPS) is 10.2. The summed E-state index contributed by atoms with van der Waals surface area (Å²) in [5, 5.41) is 14.1. The van der Waals surface area contributed by atoms with Crippen LogP contribution in [0.4, 0.5) is 10.5 Å². The maximum absolute atomic E-state index is 11.8. The van der Waals surface area contributed by atoms with Gasteiger partial charge >= 0.3 is 12.0 Å². The largest absolute Gasteiger partial charge is 0.477 e. The number of rotatable bonds is 4. The molecule has 2 aromatic rings. The molecule has 2 amide bonds. The van der Waals surface area contributed by atoms with Crippen LogP contribution in [0.2, 0.25) is 0 Å². The molecule has 4 N–H and O–H groups in total. The Kier molecular flexibility index (Phi) is 4.17. The molecule has 110 valence electrons. The summed E-state index contributed by atoms with van der Waals surface area (Å²) in [5.74, 6) is -0.519. The second kappa shape index (κ2) is 6.04. The van der Waals surface area contributed by atoms with Crippen LogP contribution in [0.15, 0.2) is 18.3 Å². The first kappa shape index (κ1) is 14.5. The van der Waals surface area contributed by atoms with Gasteiger partial charge in [0.25, 0.3) is 0 Å². The number of aryl methyl sites for hydroxylation is 2. The third-order valence-corrected chi connectivity index (χ3v) is 2.68. The quantitative estimate of drug-likeness (QED) is 0.679. The fourth-order valence-electron chi connectivity index (χ4n) is 1.80. The number of carboxylic acid groups (broad SMARTS) is 1. The minimum Gasteiger partial charge on any atom is -0.477 e. The molecular formula is C13H15N5O3. The summed E-state index contributed by atoms with van der Waals surface area (Å²) in [7, 11) is 0. The first-order valence-corrected chi connectivity index (χ1v) is 6.22. The van der Waals surface area contributed by atoms with Gasteiger partial charge in [-0.25, -0.2) is 19.6 Å². The van der Waals surface area contributed by atoms with Crippen LogP contribution in [0, 0.1) is 13.8 Å². The molecule has 0 fully saturated rings. The Bertz CT molecular complexity index is 680. The van der Waals surface area contributed by atoms with E-state index >= 15 is 0 Å². The highest BCUT2D eigenvalue weighted by molar-refractivity contribution is 5.99. The number of nitrogens with one attached hydrogen (secondary N) is 3. The maximum atomic E-state index is 11.8. The standard InChI is InChI=1S/C13H15N5O3/c1-7-5-10(11(16-7)12(19)20)18-13(21)15-6-9-3-4-14-8(2)17-9/h3-5,16H,6H2,1-2H3,(H,19,20)(H2,15,18,21). The number of H-pyrrole nitrogens is 1. The summed E-state index contributed by atoms with van der Waals surface area (Å²) in [5.41, 5.74) is 1.48. The van der Waals surface area contributed by atoms with Crippen molar-refractivity contribution >= 4 is 17.7 Å². The van der Waals surface area contributed by atoms with E-state index in [0.29, 0.717) is 17.2 Å². The molecule has 0 saturated heterocycles. The summed E-state index contributed by atoms with van der Waals surface area (Å²) in [6, 6.07) is 2.74. The number of aromatic amines is 1. The number of carbonyl (C=O) groups is 2. The van der Waals surface area contributed by atoms with Crippen LogP contribution in [0.5, 0.6) is 0 Å². The fourth-order valence-corrected chi connectivity index (χ4v) is 1.80. The van der Waals surface area contributed by atoms with E-state index in [1.807, 2.05) is 0 Å². The van der Waals surface area contributed by atoms with Crippen molar-refractivity contribution in [3.63, 3.8) is 0 Å². The lowest BCUT2D eigenvalue weighted by Gasteiger charge is -2.07. The predicted octanol–water partition coefficient (Wildman–Crippen LogP) is 1.44. The Morgan fingerprint density at radius 1 is 1.38 bits per heavy atom. The zero-order chi connectivity index (χ0) is 15.4. The van der Waals surface area contributed by atoms with Gasteiger partial charge in [-0.2, -0.15) is 0 Å². The molecule has 2 rings (SSSR count). The molecule has 21 heavy (non-hydrogen) atoms.